The van der Waals surface area contributed by atoms with Crippen LogP contribution in [0.1, 0.15) is 24.8 Å². The molecule has 2 N–H and O–H groups in total. The van der Waals surface area contributed by atoms with Crippen molar-refractivity contribution in [2.75, 3.05) is 32.4 Å². The summed E-state index contributed by atoms with van der Waals surface area (Å²) in [6, 6.07) is 9.67. The second kappa shape index (κ2) is 13.9. The lowest BCUT2D eigenvalue weighted by molar-refractivity contribution is -0.126. The third-order valence-electron chi connectivity index (χ3n) is 3.67. The van der Waals surface area contributed by atoms with Crippen LogP contribution in [0.25, 0.3) is 6.08 Å². The van der Waals surface area contributed by atoms with Crippen molar-refractivity contribution in [3.63, 3.8) is 0 Å². The van der Waals surface area contributed by atoms with Gasteiger partial charge in [-0.2, -0.15) is 0 Å². The predicted octanol–water partition coefficient (Wildman–Crippen LogP) is 2.52. The topological polar surface area (TPSA) is 78.5 Å². The lowest BCUT2D eigenvalue weighted by Gasteiger charge is -2.21. The SMILES string of the molecule is CSC(=O)NCCCN(CCCCNC=O)C(=O)C=Cc1ccccc1. The molecule has 1 rings (SSSR count). The summed E-state index contributed by atoms with van der Waals surface area (Å²) < 4.78 is 0. The molecule has 1 aromatic carbocycles. The van der Waals surface area contributed by atoms with Crippen LogP contribution < -0.4 is 10.6 Å². The van der Waals surface area contributed by atoms with Gasteiger partial charge in [-0.3, -0.25) is 14.4 Å². The number of carbonyl (C=O) groups is 3. The van der Waals surface area contributed by atoms with Gasteiger partial charge in [0.15, 0.2) is 0 Å². The Bertz CT molecular complexity index is 579. The number of nitrogens with one attached hydrogen (secondary N) is 2. The molecule has 0 aliphatic rings. The van der Waals surface area contributed by atoms with E-state index >= 15 is 0 Å². The molecule has 26 heavy (non-hydrogen) atoms. The van der Waals surface area contributed by atoms with Crippen molar-refractivity contribution in [3.8, 4) is 0 Å². The van der Waals surface area contributed by atoms with Crippen LogP contribution in [-0.4, -0.2) is 54.9 Å². The molecule has 0 spiro atoms. The number of unbranched alkanes of at least 4 members (excludes halogenated alkanes) is 1. The molecule has 0 aromatic heterocycles. The molecule has 1 aromatic rings. The van der Waals surface area contributed by atoms with Crippen LogP contribution >= 0.6 is 11.8 Å². The van der Waals surface area contributed by atoms with E-state index in [1.165, 1.54) is 0 Å². The number of hydrogen-bond acceptors (Lipinski definition) is 4. The van der Waals surface area contributed by atoms with Crippen molar-refractivity contribution in [2.45, 2.75) is 19.3 Å². The van der Waals surface area contributed by atoms with Crippen LogP contribution in [0.4, 0.5) is 4.79 Å². The number of carbonyl (C=O) groups excluding carboxylic acids is 3. The van der Waals surface area contributed by atoms with Crippen molar-refractivity contribution in [2.24, 2.45) is 0 Å². The number of hydrogen-bond donors (Lipinski definition) is 2. The van der Waals surface area contributed by atoms with E-state index in [9.17, 15) is 14.4 Å². The second-order valence-electron chi connectivity index (χ2n) is 5.62. The van der Waals surface area contributed by atoms with Gasteiger partial charge in [0.25, 0.3) is 5.24 Å². The fourth-order valence-corrected chi connectivity index (χ4v) is 2.54. The Labute approximate surface area is 159 Å². The maximum Gasteiger partial charge on any atom is 0.278 e. The fraction of sp³-hybridized carbons (Fsp3) is 0.421. The van der Waals surface area contributed by atoms with E-state index in [1.54, 1.807) is 23.3 Å². The lowest BCUT2D eigenvalue weighted by atomic mass is 10.2. The van der Waals surface area contributed by atoms with Gasteiger partial charge in [0.05, 0.1) is 0 Å². The van der Waals surface area contributed by atoms with E-state index in [0.29, 0.717) is 39.0 Å². The highest BCUT2D eigenvalue weighted by Gasteiger charge is 2.10. The third-order valence-corrected chi connectivity index (χ3v) is 4.19. The summed E-state index contributed by atoms with van der Waals surface area (Å²) >= 11 is 1.14. The zero-order valence-electron chi connectivity index (χ0n) is 15.1. The average Bonchev–Trinajstić information content (AvgIpc) is 2.68. The molecule has 0 radical (unpaired) electrons. The van der Waals surface area contributed by atoms with Gasteiger partial charge >= 0.3 is 0 Å². The van der Waals surface area contributed by atoms with E-state index in [2.05, 4.69) is 10.6 Å². The maximum atomic E-state index is 12.5. The Morgan fingerprint density at radius 2 is 1.81 bits per heavy atom. The van der Waals surface area contributed by atoms with E-state index in [0.717, 1.165) is 30.2 Å². The standard InChI is InChI=1S/C19H27N3O3S/c1-26-19(25)21-13-7-15-22(14-6-5-12-20-16-23)18(24)11-10-17-8-3-2-4-9-17/h2-4,8-11,16H,5-7,12-15H2,1H3,(H,20,23)(H,21,25). The van der Waals surface area contributed by atoms with Crippen molar-refractivity contribution < 1.29 is 14.4 Å². The molecule has 0 bridgehead atoms. The summed E-state index contributed by atoms with van der Waals surface area (Å²) in [7, 11) is 0. The van der Waals surface area contributed by atoms with Gasteiger partial charge in [0.1, 0.15) is 0 Å². The van der Waals surface area contributed by atoms with Crippen molar-refractivity contribution in [3.05, 3.63) is 42.0 Å². The summed E-state index contributed by atoms with van der Waals surface area (Å²) in [5.74, 6) is -0.0478. The van der Waals surface area contributed by atoms with Gasteiger partial charge in [0.2, 0.25) is 12.3 Å². The minimum Gasteiger partial charge on any atom is -0.359 e. The third kappa shape index (κ3) is 9.88. The zero-order valence-corrected chi connectivity index (χ0v) is 16.0. The molecule has 0 heterocycles. The van der Waals surface area contributed by atoms with Gasteiger partial charge in [-0.15, -0.1) is 0 Å². The summed E-state index contributed by atoms with van der Waals surface area (Å²) in [6.07, 6.45) is 8.12. The first-order valence-electron chi connectivity index (χ1n) is 8.68. The Morgan fingerprint density at radius 1 is 1.08 bits per heavy atom. The Morgan fingerprint density at radius 3 is 2.50 bits per heavy atom. The predicted molar refractivity (Wildman–Crippen MR) is 107 cm³/mol. The molecule has 3 amide bonds. The minimum atomic E-state index is -0.0632. The fourth-order valence-electron chi connectivity index (χ4n) is 2.29. The largest absolute Gasteiger partial charge is 0.359 e. The van der Waals surface area contributed by atoms with Crippen LogP contribution in [0.5, 0.6) is 0 Å². The lowest BCUT2D eigenvalue weighted by Crippen LogP contribution is -2.34. The molecular formula is C19H27N3O3S. The first-order valence-corrected chi connectivity index (χ1v) is 9.90. The highest BCUT2D eigenvalue weighted by Crippen LogP contribution is 2.04. The average molecular weight is 378 g/mol. The van der Waals surface area contributed by atoms with Gasteiger partial charge in [-0.1, -0.05) is 42.1 Å². The Balaban J connectivity index is 2.51. The van der Waals surface area contributed by atoms with Gasteiger partial charge < -0.3 is 15.5 Å². The first-order chi connectivity index (χ1) is 12.7. The zero-order chi connectivity index (χ0) is 19.0. The smallest absolute Gasteiger partial charge is 0.278 e. The van der Waals surface area contributed by atoms with E-state index in [1.807, 2.05) is 30.3 Å². The number of rotatable bonds is 12. The highest BCUT2D eigenvalue weighted by molar-refractivity contribution is 8.12. The van der Waals surface area contributed by atoms with Crippen molar-refractivity contribution in [1.82, 2.24) is 15.5 Å². The summed E-state index contributed by atoms with van der Waals surface area (Å²) in [6.45, 7) is 2.34. The molecule has 0 unspecified atom stereocenters. The number of amides is 3. The quantitative estimate of drug-likeness (QED) is 0.333. The van der Waals surface area contributed by atoms with Crippen LogP contribution in [0.15, 0.2) is 36.4 Å². The molecule has 0 saturated carbocycles. The molecule has 6 nitrogen and oxygen atoms in total. The summed E-state index contributed by atoms with van der Waals surface area (Å²) in [5.41, 5.74) is 0.975. The number of nitrogens with zero attached hydrogens (tertiary/aromatic N) is 1. The van der Waals surface area contributed by atoms with Crippen LogP contribution in [-0.2, 0) is 9.59 Å². The maximum absolute atomic E-state index is 12.5. The number of benzene rings is 1. The van der Waals surface area contributed by atoms with Gasteiger partial charge in [0, 0.05) is 32.3 Å². The summed E-state index contributed by atoms with van der Waals surface area (Å²) in [5, 5.41) is 5.35. The molecule has 7 heteroatoms. The first kappa shape index (κ1) is 21.8. The normalized spacial score (nSPS) is 10.5. The molecule has 0 atom stereocenters. The van der Waals surface area contributed by atoms with Crippen molar-refractivity contribution >= 4 is 35.4 Å². The molecule has 0 fully saturated rings. The van der Waals surface area contributed by atoms with Crippen LogP contribution in [0, 0.1) is 0 Å². The van der Waals surface area contributed by atoms with Gasteiger partial charge in [-0.25, -0.2) is 0 Å². The molecule has 0 aliphatic heterocycles. The monoisotopic (exact) mass is 377 g/mol. The summed E-state index contributed by atoms with van der Waals surface area (Å²) in [4.78, 5) is 35.8. The molecule has 142 valence electrons. The second-order valence-corrected chi connectivity index (χ2v) is 6.40. The van der Waals surface area contributed by atoms with Crippen LogP contribution in [0.2, 0.25) is 0 Å². The molecule has 0 aliphatic carbocycles. The number of thioether (sulfide) groups is 1. The Kier molecular flexibility index (Phi) is 11.7. The van der Waals surface area contributed by atoms with E-state index < -0.39 is 0 Å². The van der Waals surface area contributed by atoms with Crippen molar-refractivity contribution in [1.29, 1.82) is 0 Å². The minimum absolute atomic E-state index is 0.0478. The molecular weight excluding hydrogens is 350 g/mol. The van der Waals surface area contributed by atoms with Crippen LogP contribution in [0.3, 0.4) is 0 Å². The highest BCUT2D eigenvalue weighted by atomic mass is 32.2. The van der Waals surface area contributed by atoms with E-state index in [4.69, 9.17) is 0 Å². The van der Waals surface area contributed by atoms with Gasteiger partial charge in [-0.05, 0) is 37.2 Å². The molecule has 0 saturated heterocycles. The Hall–Kier alpha value is -2.28. The van der Waals surface area contributed by atoms with E-state index in [-0.39, 0.29) is 11.1 Å².